The molecule has 0 saturated carbocycles. The van der Waals surface area contributed by atoms with E-state index in [0.29, 0.717) is 0 Å². The fourth-order valence-corrected chi connectivity index (χ4v) is 2.18. The Bertz CT molecular complexity index is 339. The van der Waals surface area contributed by atoms with E-state index in [-0.39, 0.29) is 12.4 Å². The lowest BCUT2D eigenvalue weighted by atomic mass is 10.2. The van der Waals surface area contributed by atoms with Gasteiger partial charge in [-0.3, -0.25) is 4.79 Å². The number of nitrogens with zero attached hydrogens (tertiary/aromatic N) is 1. The van der Waals surface area contributed by atoms with Crippen LogP contribution in [0.2, 0.25) is 0 Å². The molecule has 1 heterocycles. The van der Waals surface area contributed by atoms with E-state index in [1.165, 1.54) is 44.1 Å². The SMILES string of the molecule is CCCCCCNc1nc(CC(=O)OC)cs1. The van der Waals surface area contributed by atoms with E-state index in [2.05, 4.69) is 22.0 Å². The molecule has 0 aromatic carbocycles. The maximum Gasteiger partial charge on any atom is 0.311 e. The summed E-state index contributed by atoms with van der Waals surface area (Å²) in [5.41, 5.74) is 0.776. The van der Waals surface area contributed by atoms with Crippen LogP contribution < -0.4 is 5.32 Å². The highest BCUT2D eigenvalue weighted by Crippen LogP contribution is 2.16. The smallest absolute Gasteiger partial charge is 0.311 e. The van der Waals surface area contributed by atoms with Crippen molar-refractivity contribution in [2.75, 3.05) is 19.0 Å². The summed E-state index contributed by atoms with van der Waals surface area (Å²) in [7, 11) is 1.39. The normalized spacial score (nSPS) is 10.2. The number of hydrogen-bond donors (Lipinski definition) is 1. The number of carbonyl (C=O) groups excluding carboxylic acids is 1. The summed E-state index contributed by atoms with van der Waals surface area (Å²) in [6.45, 7) is 3.15. The van der Waals surface area contributed by atoms with Crippen LogP contribution in [0.25, 0.3) is 0 Å². The van der Waals surface area contributed by atoms with Crippen LogP contribution in [0.3, 0.4) is 0 Å². The minimum atomic E-state index is -0.246. The first-order chi connectivity index (χ1) is 8.26. The predicted molar refractivity (Wildman–Crippen MR) is 70.5 cm³/mol. The summed E-state index contributed by atoms with van der Waals surface area (Å²) in [6.07, 6.45) is 5.21. The second kappa shape index (κ2) is 8.06. The number of rotatable bonds is 8. The molecule has 0 bridgehead atoms. The first kappa shape index (κ1) is 14.0. The molecular weight excluding hydrogens is 236 g/mol. The highest BCUT2D eigenvalue weighted by atomic mass is 32.1. The number of ether oxygens (including phenoxy) is 1. The third kappa shape index (κ3) is 5.68. The van der Waals surface area contributed by atoms with Gasteiger partial charge >= 0.3 is 5.97 Å². The van der Waals surface area contributed by atoms with Crippen LogP contribution in [0, 0.1) is 0 Å². The second-order valence-electron chi connectivity index (χ2n) is 3.88. The van der Waals surface area contributed by atoms with Crippen molar-refractivity contribution in [1.82, 2.24) is 4.98 Å². The van der Waals surface area contributed by atoms with E-state index >= 15 is 0 Å². The second-order valence-corrected chi connectivity index (χ2v) is 4.74. The van der Waals surface area contributed by atoms with Crippen LogP contribution in [0.1, 0.15) is 38.3 Å². The minimum absolute atomic E-state index is 0.246. The summed E-state index contributed by atoms with van der Waals surface area (Å²) in [6, 6.07) is 0. The number of hydrogen-bond acceptors (Lipinski definition) is 5. The molecule has 0 saturated heterocycles. The Balaban J connectivity index is 2.23. The average Bonchev–Trinajstić information content (AvgIpc) is 2.76. The highest BCUT2D eigenvalue weighted by molar-refractivity contribution is 7.13. The fourth-order valence-electron chi connectivity index (χ4n) is 1.44. The van der Waals surface area contributed by atoms with Crippen molar-refractivity contribution < 1.29 is 9.53 Å². The van der Waals surface area contributed by atoms with Gasteiger partial charge in [0.05, 0.1) is 19.2 Å². The number of thiazole rings is 1. The van der Waals surface area contributed by atoms with Gasteiger partial charge in [0, 0.05) is 11.9 Å². The Morgan fingerprint density at radius 1 is 1.47 bits per heavy atom. The van der Waals surface area contributed by atoms with Gasteiger partial charge in [-0.15, -0.1) is 11.3 Å². The van der Waals surface area contributed by atoms with Gasteiger partial charge in [-0.25, -0.2) is 4.98 Å². The van der Waals surface area contributed by atoms with Crippen LogP contribution in [-0.4, -0.2) is 24.6 Å². The van der Waals surface area contributed by atoms with Crippen LogP contribution in [-0.2, 0) is 16.0 Å². The molecule has 5 heteroatoms. The highest BCUT2D eigenvalue weighted by Gasteiger charge is 2.06. The van der Waals surface area contributed by atoms with E-state index in [4.69, 9.17) is 0 Å². The Kier molecular flexibility index (Phi) is 6.62. The molecule has 4 nitrogen and oxygen atoms in total. The van der Waals surface area contributed by atoms with Crippen molar-refractivity contribution in [3.63, 3.8) is 0 Å². The van der Waals surface area contributed by atoms with E-state index < -0.39 is 0 Å². The van der Waals surface area contributed by atoms with E-state index in [1.807, 2.05) is 5.38 Å². The number of unbranched alkanes of at least 4 members (excludes halogenated alkanes) is 3. The quantitative estimate of drug-likeness (QED) is 0.574. The predicted octanol–water partition coefficient (Wildman–Crippen LogP) is 2.85. The van der Waals surface area contributed by atoms with Crippen LogP contribution in [0.4, 0.5) is 5.13 Å². The molecule has 0 spiro atoms. The van der Waals surface area contributed by atoms with Crippen molar-refractivity contribution >= 4 is 22.4 Å². The molecule has 1 N–H and O–H groups in total. The maximum atomic E-state index is 11.0. The van der Waals surface area contributed by atoms with Crippen LogP contribution >= 0.6 is 11.3 Å². The van der Waals surface area contributed by atoms with Gasteiger partial charge in [0.25, 0.3) is 0 Å². The number of esters is 1. The third-order valence-electron chi connectivity index (χ3n) is 2.41. The van der Waals surface area contributed by atoms with Crippen molar-refractivity contribution in [1.29, 1.82) is 0 Å². The van der Waals surface area contributed by atoms with Gasteiger partial charge in [-0.1, -0.05) is 26.2 Å². The topological polar surface area (TPSA) is 51.2 Å². The van der Waals surface area contributed by atoms with Gasteiger partial charge in [-0.2, -0.15) is 0 Å². The molecule has 96 valence electrons. The van der Waals surface area contributed by atoms with E-state index in [1.54, 1.807) is 0 Å². The Morgan fingerprint density at radius 3 is 3.00 bits per heavy atom. The Labute approximate surface area is 106 Å². The first-order valence-electron chi connectivity index (χ1n) is 6.01. The van der Waals surface area contributed by atoms with Gasteiger partial charge in [0.15, 0.2) is 5.13 Å². The summed E-state index contributed by atoms with van der Waals surface area (Å²) in [5.74, 6) is -0.246. The number of anilines is 1. The molecule has 0 aliphatic rings. The molecule has 1 aromatic heterocycles. The summed E-state index contributed by atoms with van der Waals surface area (Å²) in [4.78, 5) is 15.4. The monoisotopic (exact) mass is 256 g/mol. The van der Waals surface area contributed by atoms with E-state index in [0.717, 1.165) is 17.4 Å². The molecule has 0 aliphatic carbocycles. The third-order valence-corrected chi connectivity index (χ3v) is 3.26. The van der Waals surface area contributed by atoms with Crippen molar-refractivity contribution in [2.24, 2.45) is 0 Å². The largest absolute Gasteiger partial charge is 0.469 e. The summed E-state index contributed by atoms with van der Waals surface area (Å²) >= 11 is 1.54. The zero-order valence-electron chi connectivity index (χ0n) is 10.5. The van der Waals surface area contributed by atoms with Crippen LogP contribution in [0.5, 0.6) is 0 Å². The zero-order chi connectivity index (χ0) is 12.5. The van der Waals surface area contributed by atoms with Gasteiger partial charge in [-0.05, 0) is 6.42 Å². The number of methoxy groups -OCH3 is 1. The fraction of sp³-hybridized carbons (Fsp3) is 0.667. The lowest BCUT2D eigenvalue weighted by Crippen LogP contribution is -2.05. The summed E-state index contributed by atoms with van der Waals surface area (Å²) < 4.78 is 4.59. The lowest BCUT2D eigenvalue weighted by molar-refractivity contribution is -0.139. The maximum absolute atomic E-state index is 11.0. The van der Waals surface area contributed by atoms with Gasteiger partial charge in [0.1, 0.15) is 0 Å². The van der Waals surface area contributed by atoms with Crippen molar-refractivity contribution in [3.05, 3.63) is 11.1 Å². The minimum Gasteiger partial charge on any atom is -0.469 e. The number of aromatic nitrogens is 1. The molecule has 0 atom stereocenters. The van der Waals surface area contributed by atoms with Crippen molar-refractivity contribution in [2.45, 2.75) is 39.0 Å². The number of nitrogens with one attached hydrogen (secondary N) is 1. The Hall–Kier alpha value is -1.10. The molecule has 17 heavy (non-hydrogen) atoms. The lowest BCUT2D eigenvalue weighted by Gasteiger charge is -2.01. The molecule has 1 aromatic rings. The molecular formula is C12H20N2O2S. The van der Waals surface area contributed by atoms with Gasteiger partial charge < -0.3 is 10.1 Å². The molecule has 0 unspecified atom stereocenters. The van der Waals surface area contributed by atoms with Crippen molar-refractivity contribution in [3.8, 4) is 0 Å². The molecule has 0 fully saturated rings. The molecule has 1 rings (SSSR count). The molecule has 0 aliphatic heterocycles. The zero-order valence-corrected chi connectivity index (χ0v) is 11.3. The molecule has 0 amide bonds. The summed E-state index contributed by atoms with van der Waals surface area (Å²) in [5, 5.41) is 6.05. The van der Waals surface area contributed by atoms with Gasteiger partial charge in [0.2, 0.25) is 0 Å². The Morgan fingerprint density at radius 2 is 2.29 bits per heavy atom. The van der Waals surface area contributed by atoms with Crippen LogP contribution in [0.15, 0.2) is 5.38 Å². The number of carbonyl (C=O) groups is 1. The average molecular weight is 256 g/mol. The standard InChI is InChI=1S/C12H20N2O2S/c1-3-4-5-6-7-13-12-14-10(9-17-12)8-11(15)16-2/h9H,3-8H2,1-2H3,(H,13,14). The first-order valence-corrected chi connectivity index (χ1v) is 6.89. The van der Waals surface area contributed by atoms with E-state index in [9.17, 15) is 4.79 Å². The molecule has 0 radical (unpaired) electrons.